The summed E-state index contributed by atoms with van der Waals surface area (Å²) in [7, 11) is 3.08. The van der Waals surface area contributed by atoms with Gasteiger partial charge in [0, 0.05) is 31.8 Å². The average molecular weight is 1880 g/mol. The van der Waals surface area contributed by atoms with Crippen LogP contribution in [0, 0.1) is 55.4 Å². The van der Waals surface area contributed by atoms with Crippen LogP contribution in [-0.4, -0.2) is 200 Å². The summed E-state index contributed by atoms with van der Waals surface area (Å²) < 4.78 is 112. The van der Waals surface area contributed by atoms with Crippen LogP contribution in [0.5, 0.6) is 46.0 Å². The summed E-state index contributed by atoms with van der Waals surface area (Å²) in [6.45, 7) is 37.8. The predicted octanol–water partition coefficient (Wildman–Crippen LogP) is 16.9. The van der Waals surface area contributed by atoms with Crippen molar-refractivity contribution >= 4 is 54.3 Å². The van der Waals surface area contributed by atoms with Crippen molar-refractivity contribution in [2.45, 2.75) is 158 Å². The molecule has 5 heterocycles. The molecule has 7 unspecified atom stereocenters. The van der Waals surface area contributed by atoms with Crippen molar-refractivity contribution in [3.05, 3.63) is 235 Å². The van der Waals surface area contributed by atoms with Gasteiger partial charge in [0.15, 0.2) is 0 Å². The van der Waals surface area contributed by atoms with Crippen LogP contribution in [0.2, 0.25) is 0 Å². The molecule has 0 radical (unpaired) electrons. The summed E-state index contributed by atoms with van der Waals surface area (Å²) >= 11 is 4.34. The Labute approximate surface area is 774 Å². The molecule has 5 aliphatic heterocycles. The quantitative estimate of drug-likeness (QED) is 0.0120. The fraction of sp³-hybridized carbons (Fsp3) is 0.484. The van der Waals surface area contributed by atoms with Gasteiger partial charge < -0.3 is 101 Å². The van der Waals surface area contributed by atoms with E-state index < -0.39 is 50.7 Å². The summed E-state index contributed by atoms with van der Waals surface area (Å²) in [5.41, 5.74) is 17.4. The SMILES string of the molecule is CCOP(=O)(CC(O)COc1ccc(C)cc1Cc1cc(C)ccc1OCC(O)CP(C)(C)=O)OCC.CCOP(OCC)OCC.Cc1ccc(O)c(Cc2cc(C)ccc2O)c1.Cc1ccc(OCC2CO2)c(Cc2cc(C)ccc2OCC2CO2)c1.Cc1ccc(OCC2CO2)c(Cc2cc(C)ccc2OCC2CO2)c1.ClCC1CO1.[Cl][Zn][Cl].[H-].[Na+]. The van der Waals surface area contributed by atoms with Gasteiger partial charge in [-0.2, -0.15) is 0 Å². The number of phenolic OH excluding ortho intramolecular Hbond substituents is 2. The maximum atomic E-state index is 12.7. The van der Waals surface area contributed by atoms with E-state index >= 15 is 0 Å². The third-order valence-electron chi connectivity index (χ3n) is 18.5. The zero-order chi connectivity index (χ0) is 88.7. The molecule has 0 bridgehead atoms. The zero-order valence-corrected chi connectivity index (χ0v) is 84.4. The van der Waals surface area contributed by atoms with Crippen molar-refractivity contribution in [1.82, 2.24) is 0 Å². The Hall–Kier alpha value is -4.94. The normalized spacial score (nSPS) is 16.5. The van der Waals surface area contributed by atoms with E-state index in [0.29, 0.717) is 82.6 Å². The van der Waals surface area contributed by atoms with Crippen molar-refractivity contribution in [3.8, 4) is 46.0 Å². The summed E-state index contributed by atoms with van der Waals surface area (Å²) in [5.74, 6) is 6.16. The molecule has 8 aromatic carbocycles. The molecule has 22 nitrogen and oxygen atoms in total. The Morgan fingerprint density at radius 1 is 0.390 bits per heavy atom. The van der Waals surface area contributed by atoms with E-state index in [1.54, 1.807) is 39.3 Å². The fourth-order valence-corrected chi connectivity index (χ4v) is 16.1. The number of hydrogen-bond acceptors (Lipinski definition) is 22. The monoisotopic (exact) mass is 1880 g/mol. The zero-order valence-electron chi connectivity index (χ0n) is 75.5. The minimum atomic E-state index is -3.40. The number of aliphatic hydroxyl groups excluding tert-OH is 2. The fourth-order valence-electron chi connectivity index (χ4n) is 12.2. The van der Waals surface area contributed by atoms with E-state index in [-0.39, 0.29) is 106 Å². The number of rotatable bonds is 41. The number of alkyl halides is 1. The molecule has 5 fully saturated rings. The van der Waals surface area contributed by atoms with E-state index in [4.69, 9.17) is 106 Å². The Balaban J connectivity index is 0.000000279. The van der Waals surface area contributed by atoms with Gasteiger partial charge in [-0.3, -0.25) is 4.57 Å². The molecule has 0 spiro atoms. The van der Waals surface area contributed by atoms with Crippen LogP contribution in [0.3, 0.4) is 0 Å². The molecule has 4 N–H and O–H groups in total. The second-order valence-corrected chi connectivity index (χ2v) is 42.5. The van der Waals surface area contributed by atoms with E-state index in [1.807, 2.05) is 109 Å². The Kier molecular flexibility index (Phi) is 49.1. The van der Waals surface area contributed by atoms with Gasteiger partial charge in [-0.15, -0.1) is 11.6 Å². The molecule has 8 aromatic rings. The van der Waals surface area contributed by atoms with Crippen LogP contribution in [-0.2, 0) is 96.3 Å². The molecule has 123 heavy (non-hydrogen) atoms. The first kappa shape index (κ1) is 107. The second kappa shape index (κ2) is 56.5. The van der Waals surface area contributed by atoms with Crippen LogP contribution in [0.15, 0.2) is 146 Å². The predicted molar refractivity (Wildman–Crippen MR) is 483 cm³/mol. The first-order valence-electron chi connectivity index (χ1n) is 41.6. The van der Waals surface area contributed by atoms with Crippen LogP contribution in [0.4, 0.5) is 0 Å². The molecule has 0 saturated carbocycles. The van der Waals surface area contributed by atoms with Crippen molar-refractivity contribution in [1.29, 1.82) is 0 Å². The van der Waals surface area contributed by atoms with Crippen molar-refractivity contribution in [3.63, 3.8) is 0 Å². The molecule has 5 aliphatic rings. The minimum Gasteiger partial charge on any atom is -1.00 e. The smallest absolute Gasteiger partial charge is 1.00 e. The summed E-state index contributed by atoms with van der Waals surface area (Å²) in [6.07, 6.45) is 2.21. The standard InChI is InChI=1S/C27H42O8P2.2C21H24O4.C15H16O2.C6H15O3P.C3H5ClO.2ClH.Na.Zn.H/c1-7-34-37(31,35-8-2)19-25(29)17-33-27-12-10-21(4)14-23(27)15-22-13-20(3)9-11-26(22)32-16-24(28)18-36(5,6)30;2*1-14-3-5-20(24-12-18-10-22-18)16(7-14)9-17-8-15(2)4-6-21(17)25-13-19-11-23-19;1-10-3-5-14(16)12(7-10)9-13-8-11(2)4-6-15(13)17;1-4-7-10(8-5-2)9-6-3;4-1-3-2-5-3;;;;;/h9-14,24-25,28-29H,7-8,15-19H2,1-6H3;2*3-8,18-19H,9-13H2,1-2H3;3-8,16-17H,9H2,1-2H3;4-6H2,1-3H3;3H,1-2H2;2*1H;;;/q;;;;;;;;+1;+2;-1/p-2. The second-order valence-electron chi connectivity index (χ2n) is 30.7. The maximum Gasteiger partial charge on any atom is 1.00 e. The van der Waals surface area contributed by atoms with Gasteiger partial charge in [-0.05, 0) is 196 Å². The van der Waals surface area contributed by atoms with Crippen LogP contribution >= 0.6 is 54.3 Å². The number of hydrogen-bond donors (Lipinski definition) is 4. The first-order chi connectivity index (χ1) is 58.4. The van der Waals surface area contributed by atoms with Gasteiger partial charge in [0.1, 0.15) is 110 Å². The summed E-state index contributed by atoms with van der Waals surface area (Å²) in [5, 5.41) is 40.3. The number of phenols is 2. The number of epoxide rings is 5. The van der Waals surface area contributed by atoms with E-state index in [2.05, 4.69) is 100 Å². The number of aromatic hydroxyl groups is 2. The topological polar surface area (TPSA) is 279 Å². The van der Waals surface area contributed by atoms with E-state index in [0.717, 1.165) is 113 Å². The Morgan fingerprint density at radius 3 is 0.837 bits per heavy atom. The van der Waals surface area contributed by atoms with Crippen LogP contribution in [0.1, 0.15) is 125 Å². The number of aliphatic hydroxyl groups is 2. The average Bonchev–Trinajstić information content (AvgIpc) is 1.80. The summed E-state index contributed by atoms with van der Waals surface area (Å²) in [4.78, 5) is 0. The Morgan fingerprint density at radius 2 is 0.618 bits per heavy atom. The minimum absolute atomic E-state index is 0. The van der Waals surface area contributed by atoms with E-state index in [9.17, 15) is 29.6 Å². The molecular weight excluding hydrogens is 1760 g/mol. The first-order valence-corrected chi connectivity index (χ1v) is 55.5. The van der Waals surface area contributed by atoms with E-state index in [1.165, 1.54) is 44.5 Å². The third-order valence-corrected chi connectivity index (χ3v) is 23.7. The van der Waals surface area contributed by atoms with Crippen LogP contribution < -0.4 is 58.0 Å². The van der Waals surface area contributed by atoms with Gasteiger partial charge in [-0.1, -0.05) is 142 Å². The molecule has 0 aromatic heterocycles. The van der Waals surface area contributed by atoms with Gasteiger partial charge in [0.05, 0.1) is 104 Å². The van der Waals surface area contributed by atoms with Crippen molar-refractivity contribution in [2.24, 2.45) is 0 Å². The van der Waals surface area contributed by atoms with Gasteiger partial charge in [-0.25, -0.2) is 0 Å². The molecule has 7 atom stereocenters. The van der Waals surface area contributed by atoms with Gasteiger partial charge in [0.2, 0.25) is 0 Å². The molecule has 670 valence electrons. The van der Waals surface area contributed by atoms with Crippen LogP contribution in [0.25, 0.3) is 0 Å². The summed E-state index contributed by atoms with van der Waals surface area (Å²) in [6, 6.07) is 48.0. The molecule has 30 heteroatoms. The molecular formula is C93H127Cl3NaO22P3Zn. The largest absolute Gasteiger partial charge is 1.00 e. The maximum absolute atomic E-state index is 12.7. The molecule has 5 saturated heterocycles. The van der Waals surface area contributed by atoms with Crippen molar-refractivity contribution in [2.75, 3.05) is 137 Å². The van der Waals surface area contributed by atoms with Gasteiger partial charge in [0.25, 0.3) is 0 Å². The molecule has 0 aliphatic carbocycles. The van der Waals surface area contributed by atoms with Crippen molar-refractivity contribution < 1.29 is 150 Å². The third kappa shape index (κ3) is 43.4. The van der Waals surface area contributed by atoms with Gasteiger partial charge >= 0.3 is 80.3 Å². The number of halogens is 3. The Bertz CT molecular complexity index is 4230. The number of benzene rings is 8. The molecule has 13 rings (SSSR count). The number of ether oxygens (including phenoxy) is 11. The molecule has 0 amide bonds. The number of aryl methyl sites for hydroxylation is 8.